The quantitative estimate of drug-likeness (QED) is 0.885. The summed E-state index contributed by atoms with van der Waals surface area (Å²) >= 11 is 7.81. The highest BCUT2D eigenvalue weighted by Crippen LogP contribution is 2.36. The predicted molar refractivity (Wildman–Crippen MR) is 83.1 cm³/mol. The number of nitrogens with zero attached hydrogens (tertiary/aromatic N) is 1. The fraction of sp³-hybridized carbons (Fsp3) is 0.733. The lowest BCUT2D eigenvalue weighted by molar-refractivity contribution is 0.167. The lowest BCUT2D eigenvalue weighted by Gasteiger charge is -2.36. The van der Waals surface area contributed by atoms with Crippen LogP contribution in [-0.4, -0.2) is 30.1 Å². The third kappa shape index (κ3) is 2.99. The van der Waals surface area contributed by atoms with Gasteiger partial charge in [-0.15, -0.1) is 11.3 Å². The van der Waals surface area contributed by atoms with Crippen molar-refractivity contribution >= 4 is 22.9 Å². The molecule has 1 saturated carbocycles. The molecular formula is C15H23ClN2S. The van der Waals surface area contributed by atoms with Gasteiger partial charge in [0.25, 0.3) is 0 Å². The number of thiophene rings is 1. The summed E-state index contributed by atoms with van der Waals surface area (Å²) in [6, 6.07) is 4.71. The maximum atomic E-state index is 6.08. The summed E-state index contributed by atoms with van der Waals surface area (Å²) in [6.07, 6.45) is 6.73. The van der Waals surface area contributed by atoms with Crippen molar-refractivity contribution in [3.8, 4) is 0 Å². The molecule has 0 bridgehead atoms. The number of rotatable bonds is 2. The minimum Gasteiger partial charge on any atom is -0.310 e. The molecule has 1 spiro atoms. The minimum absolute atomic E-state index is 0.395. The van der Waals surface area contributed by atoms with Crippen molar-refractivity contribution < 1.29 is 0 Å². The highest BCUT2D eigenvalue weighted by molar-refractivity contribution is 7.16. The van der Waals surface area contributed by atoms with Gasteiger partial charge in [0, 0.05) is 29.5 Å². The average Bonchev–Trinajstić information content (AvgIpc) is 2.96. The van der Waals surface area contributed by atoms with Crippen molar-refractivity contribution in [1.82, 2.24) is 10.2 Å². The molecule has 1 aromatic heterocycles. The monoisotopic (exact) mass is 298 g/mol. The van der Waals surface area contributed by atoms with Crippen molar-refractivity contribution in [3.63, 3.8) is 0 Å². The fourth-order valence-electron chi connectivity index (χ4n) is 3.61. The first-order valence-corrected chi connectivity index (χ1v) is 8.62. The second-order valence-electron chi connectivity index (χ2n) is 6.06. The van der Waals surface area contributed by atoms with Gasteiger partial charge in [-0.2, -0.15) is 0 Å². The van der Waals surface area contributed by atoms with Crippen LogP contribution in [0.15, 0.2) is 12.1 Å². The van der Waals surface area contributed by atoms with E-state index in [9.17, 15) is 0 Å². The Hall–Kier alpha value is -0.0900. The Labute approximate surface area is 125 Å². The largest absolute Gasteiger partial charge is 0.310 e. The first-order chi connectivity index (χ1) is 9.19. The summed E-state index contributed by atoms with van der Waals surface area (Å²) in [5, 5.41) is 3.83. The molecule has 4 heteroatoms. The van der Waals surface area contributed by atoms with Gasteiger partial charge < -0.3 is 5.32 Å². The van der Waals surface area contributed by atoms with Gasteiger partial charge >= 0.3 is 0 Å². The van der Waals surface area contributed by atoms with Crippen molar-refractivity contribution in [3.05, 3.63) is 21.3 Å². The van der Waals surface area contributed by atoms with Crippen LogP contribution in [0.1, 0.15) is 49.9 Å². The standard InChI is InChI=1S/C15H23ClN2S/c1-12(13-5-6-14(16)19-13)18-10-4-9-17-15(11-18)7-2-3-8-15/h5-6,12,17H,2-4,7-11H2,1H3. The Bertz CT molecular complexity index is 426. The van der Waals surface area contributed by atoms with Crippen molar-refractivity contribution in [2.24, 2.45) is 0 Å². The van der Waals surface area contributed by atoms with Crippen LogP contribution in [0.3, 0.4) is 0 Å². The van der Waals surface area contributed by atoms with E-state index in [0.29, 0.717) is 11.6 Å². The smallest absolute Gasteiger partial charge is 0.0931 e. The first-order valence-electron chi connectivity index (χ1n) is 7.43. The topological polar surface area (TPSA) is 15.3 Å². The van der Waals surface area contributed by atoms with E-state index in [1.165, 1.54) is 56.6 Å². The molecule has 1 unspecified atom stereocenters. The molecule has 0 radical (unpaired) electrons. The zero-order valence-electron chi connectivity index (χ0n) is 11.6. The molecule has 1 N–H and O–H groups in total. The summed E-state index contributed by atoms with van der Waals surface area (Å²) in [6.45, 7) is 5.90. The van der Waals surface area contributed by atoms with E-state index in [2.05, 4.69) is 23.2 Å². The lowest BCUT2D eigenvalue weighted by Crippen LogP contribution is -2.49. The molecule has 1 aromatic rings. The normalized spacial score (nSPS) is 25.6. The third-order valence-corrected chi connectivity index (χ3v) is 6.14. The van der Waals surface area contributed by atoms with Gasteiger partial charge in [-0.3, -0.25) is 4.90 Å². The van der Waals surface area contributed by atoms with Gasteiger partial charge in [0.15, 0.2) is 0 Å². The summed E-state index contributed by atoms with van der Waals surface area (Å²) < 4.78 is 0.908. The van der Waals surface area contributed by atoms with Gasteiger partial charge in [-0.05, 0) is 44.9 Å². The Balaban J connectivity index is 1.75. The minimum atomic E-state index is 0.395. The van der Waals surface area contributed by atoms with E-state index in [1.807, 2.05) is 6.07 Å². The van der Waals surface area contributed by atoms with Crippen LogP contribution in [0, 0.1) is 0 Å². The van der Waals surface area contributed by atoms with E-state index in [0.717, 1.165) is 4.34 Å². The van der Waals surface area contributed by atoms with E-state index in [-0.39, 0.29) is 0 Å². The van der Waals surface area contributed by atoms with Crippen LogP contribution in [0.25, 0.3) is 0 Å². The third-order valence-electron chi connectivity index (χ3n) is 4.74. The lowest BCUT2D eigenvalue weighted by atomic mass is 9.96. The first kappa shape index (κ1) is 13.9. The predicted octanol–water partition coefficient (Wildman–Crippen LogP) is 4.07. The Morgan fingerprint density at radius 1 is 1.32 bits per heavy atom. The molecule has 106 valence electrons. The van der Waals surface area contributed by atoms with Gasteiger partial charge in [-0.25, -0.2) is 0 Å². The highest BCUT2D eigenvalue weighted by Gasteiger charge is 2.37. The molecule has 2 fully saturated rings. The Morgan fingerprint density at radius 3 is 2.79 bits per heavy atom. The molecule has 2 nitrogen and oxygen atoms in total. The molecular weight excluding hydrogens is 276 g/mol. The SMILES string of the molecule is CC(c1ccc(Cl)s1)N1CCCNC2(CCCC2)C1. The fourth-order valence-corrected chi connectivity index (χ4v) is 4.76. The van der Waals surface area contributed by atoms with Gasteiger partial charge in [0.05, 0.1) is 4.34 Å². The molecule has 0 amide bonds. The highest BCUT2D eigenvalue weighted by atomic mass is 35.5. The zero-order chi connectivity index (χ0) is 13.3. The molecule has 2 aliphatic rings. The summed E-state index contributed by atoms with van der Waals surface area (Å²) in [5.41, 5.74) is 0.395. The second kappa shape index (κ2) is 5.72. The molecule has 19 heavy (non-hydrogen) atoms. The maximum Gasteiger partial charge on any atom is 0.0931 e. The average molecular weight is 299 g/mol. The second-order valence-corrected chi connectivity index (χ2v) is 7.80. The van der Waals surface area contributed by atoms with Gasteiger partial charge in [-0.1, -0.05) is 24.4 Å². The van der Waals surface area contributed by atoms with Crippen molar-refractivity contribution in [2.45, 2.75) is 50.6 Å². The van der Waals surface area contributed by atoms with Crippen molar-refractivity contribution in [1.29, 1.82) is 0 Å². The molecule has 1 atom stereocenters. The van der Waals surface area contributed by atoms with Crippen LogP contribution in [0.5, 0.6) is 0 Å². The van der Waals surface area contributed by atoms with Crippen LogP contribution in [0.4, 0.5) is 0 Å². The van der Waals surface area contributed by atoms with E-state index in [1.54, 1.807) is 11.3 Å². The number of nitrogens with one attached hydrogen (secondary N) is 1. The summed E-state index contributed by atoms with van der Waals surface area (Å²) in [5.74, 6) is 0. The van der Waals surface area contributed by atoms with Crippen LogP contribution >= 0.6 is 22.9 Å². The number of hydrogen-bond acceptors (Lipinski definition) is 3. The van der Waals surface area contributed by atoms with E-state index < -0.39 is 0 Å². The number of hydrogen-bond donors (Lipinski definition) is 1. The summed E-state index contributed by atoms with van der Waals surface area (Å²) in [4.78, 5) is 4.06. The Morgan fingerprint density at radius 2 is 2.11 bits per heavy atom. The molecule has 1 aliphatic heterocycles. The number of halogens is 1. The zero-order valence-corrected chi connectivity index (χ0v) is 13.2. The summed E-state index contributed by atoms with van der Waals surface area (Å²) in [7, 11) is 0. The Kier molecular flexibility index (Phi) is 4.18. The van der Waals surface area contributed by atoms with E-state index in [4.69, 9.17) is 11.6 Å². The van der Waals surface area contributed by atoms with Crippen LogP contribution in [-0.2, 0) is 0 Å². The van der Waals surface area contributed by atoms with Gasteiger partial charge in [0.1, 0.15) is 0 Å². The van der Waals surface area contributed by atoms with E-state index >= 15 is 0 Å². The molecule has 1 aliphatic carbocycles. The molecule has 2 heterocycles. The molecule has 1 saturated heterocycles. The van der Waals surface area contributed by atoms with Crippen molar-refractivity contribution in [2.75, 3.05) is 19.6 Å². The maximum absolute atomic E-state index is 6.08. The van der Waals surface area contributed by atoms with Crippen LogP contribution in [0.2, 0.25) is 4.34 Å². The molecule has 3 rings (SSSR count). The van der Waals surface area contributed by atoms with Crippen LogP contribution < -0.4 is 5.32 Å². The molecule has 0 aromatic carbocycles. The van der Waals surface area contributed by atoms with Gasteiger partial charge in [0.2, 0.25) is 0 Å².